The Balaban J connectivity index is 1.91. The van der Waals surface area contributed by atoms with Crippen molar-refractivity contribution in [2.24, 2.45) is 0 Å². The van der Waals surface area contributed by atoms with Crippen LogP contribution in [0.25, 0.3) is 0 Å². The molecule has 1 heterocycles. The summed E-state index contributed by atoms with van der Waals surface area (Å²) in [6, 6.07) is 13.0. The van der Waals surface area contributed by atoms with Crippen LogP contribution in [0.5, 0.6) is 0 Å². The molecule has 0 aliphatic heterocycles. The number of hydrogen-bond donors (Lipinski definition) is 3. The molecule has 0 radical (unpaired) electrons. The van der Waals surface area contributed by atoms with Gasteiger partial charge in [0, 0.05) is 11.9 Å². The smallest absolute Gasteiger partial charge is 0.329 e. The molecule has 0 fully saturated rings. The molecule has 0 aliphatic carbocycles. The number of sulfone groups is 1. The van der Waals surface area contributed by atoms with Gasteiger partial charge in [-0.2, -0.15) is 4.98 Å². The van der Waals surface area contributed by atoms with Crippen molar-refractivity contribution in [3.05, 3.63) is 76.0 Å². The normalized spacial score (nSPS) is 12.2. The molecule has 1 aromatic heterocycles. The van der Waals surface area contributed by atoms with Gasteiger partial charge in [-0.15, -0.1) is 0 Å². The van der Waals surface area contributed by atoms with Crippen molar-refractivity contribution in [3.8, 4) is 0 Å². The quantitative estimate of drug-likeness (QED) is 0.353. The molecule has 0 spiro atoms. The van der Waals surface area contributed by atoms with Gasteiger partial charge in [0.05, 0.1) is 22.5 Å². The van der Waals surface area contributed by atoms with Gasteiger partial charge in [-0.3, -0.25) is 10.1 Å². The van der Waals surface area contributed by atoms with Crippen LogP contribution in [0.2, 0.25) is 0 Å². The van der Waals surface area contributed by atoms with Crippen LogP contribution in [0.4, 0.5) is 23.1 Å². The minimum absolute atomic E-state index is 0.0603. The first-order valence-electron chi connectivity index (χ1n) is 9.20. The predicted molar refractivity (Wildman–Crippen MR) is 116 cm³/mol. The number of hydrogen-bond acceptors (Lipinski definition) is 9. The summed E-state index contributed by atoms with van der Waals surface area (Å²) in [5.74, 6) is 0.0132. The first-order valence-corrected chi connectivity index (χ1v) is 11.1. The number of aromatic nitrogens is 2. The fourth-order valence-electron chi connectivity index (χ4n) is 3.03. The molecule has 3 rings (SSSR count). The second-order valence-electron chi connectivity index (χ2n) is 6.85. The lowest BCUT2D eigenvalue weighted by molar-refractivity contribution is -0.384. The first-order chi connectivity index (χ1) is 14.7. The lowest BCUT2D eigenvalue weighted by atomic mass is 10.1. The van der Waals surface area contributed by atoms with Crippen molar-refractivity contribution < 1.29 is 18.4 Å². The van der Waals surface area contributed by atoms with Gasteiger partial charge in [0.15, 0.2) is 9.84 Å². The average molecular weight is 443 g/mol. The number of nitrogens with one attached hydrogen (secondary N) is 2. The number of anilines is 3. The molecular weight excluding hydrogens is 422 g/mol. The molecular formula is C20H21N5O5S. The van der Waals surface area contributed by atoms with E-state index in [0.717, 1.165) is 18.0 Å². The van der Waals surface area contributed by atoms with E-state index >= 15 is 0 Å². The Morgan fingerprint density at radius 3 is 2.48 bits per heavy atom. The van der Waals surface area contributed by atoms with Crippen LogP contribution in [0.15, 0.2) is 59.6 Å². The highest BCUT2D eigenvalue weighted by Gasteiger charge is 2.21. The monoisotopic (exact) mass is 443 g/mol. The number of aliphatic hydroxyl groups is 1. The van der Waals surface area contributed by atoms with Crippen molar-refractivity contribution >= 4 is 33.0 Å². The van der Waals surface area contributed by atoms with Crippen LogP contribution in [0.3, 0.4) is 0 Å². The number of nitro groups is 1. The van der Waals surface area contributed by atoms with Gasteiger partial charge in [0.2, 0.25) is 11.8 Å². The zero-order valence-corrected chi connectivity index (χ0v) is 17.6. The highest BCUT2D eigenvalue weighted by Crippen LogP contribution is 2.28. The van der Waals surface area contributed by atoms with E-state index in [2.05, 4.69) is 20.6 Å². The molecule has 1 atom stereocenters. The van der Waals surface area contributed by atoms with Crippen molar-refractivity contribution in [1.82, 2.24) is 9.97 Å². The SMILES string of the molecule is Cc1cc(Nc2ncc([N+](=O)[O-])c(N[C@H](CO)c3ccccc3)n2)ccc1S(C)(=O)=O. The summed E-state index contributed by atoms with van der Waals surface area (Å²) in [5.41, 5.74) is 1.45. The lowest BCUT2D eigenvalue weighted by Gasteiger charge is -2.17. The molecule has 162 valence electrons. The Kier molecular flexibility index (Phi) is 6.47. The summed E-state index contributed by atoms with van der Waals surface area (Å²) in [5, 5.41) is 27.0. The van der Waals surface area contributed by atoms with Crippen LogP contribution in [0.1, 0.15) is 17.2 Å². The Morgan fingerprint density at radius 2 is 1.90 bits per heavy atom. The van der Waals surface area contributed by atoms with E-state index in [1.165, 1.54) is 6.07 Å². The molecule has 2 aromatic carbocycles. The highest BCUT2D eigenvalue weighted by atomic mass is 32.2. The standard InChI is InChI=1S/C20H21N5O5S/c1-13-10-15(8-9-18(13)31(2,29)30)22-20-21-11-17(25(27)28)19(24-20)23-16(12-26)14-6-4-3-5-7-14/h3-11,16,26H,12H2,1-2H3,(H2,21,22,23,24)/t16-/m1/s1. The fourth-order valence-corrected chi connectivity index (χ4v) is 3.99. The van der Waals surface area contributed by atoms with E-state index < -0.39 is 20.8 Å². The maximum Gasteiger partial charge on any atom is 0.329 e. The number of benzene rings is 2. The van der Waals surface area contributed by atoms with Gasteiger partial charge in [0.25, 0.3) is 0 Å². The minimum atomic E-state index is -3.36. The molecule has 10 nitrogen and oxygen atoms in total. The van der Waals surface area contributed by atoms with Crippen molar-refractivity contribution in [1.29, 1.82) is 0 Å². The maximum atomic E-state index is 11.8. The fraction of sp³-hybridized carbons (Fsp3) is 0.200. The molecule has 0 saturated carbocycles. The van der Waals surface area contributed by atoms with E-state index in [0.29, 0.717) is 11.3 Å². The molecule has 0 bridgehead atoms. The van der Waals surface area contributed by atoms with Crippen LogP contribution in [0, 0.1) is 17.0 Å². The molecule has 11 heteroatoms. The van der Waals surface area contributed by atoms with E-state index in [1.807, 2.05) is 6.07 Å². The Labute approximate surface area is 179 Å². The van der Waals surface area contributed by atoms with E-state index in [4.69, 9.17) is 0 Å². The van der Waals surface area contributed by atoms with Gasteiger partial charge in [-0.05, 0) is 36.2 Å². The third-order valence-corrected chi connectivity index (χ3v) is 5.75. The molecule has 0 amide bonds. The maximum absolute atomic E-state index is 11.8. The second kappa shape index (κ2) is 9.06. The zero-order valence-electron chi connectivity index (χ0n) is 16.8. The summed E-state index contributed by atoms with van der Waals surface area (Å²) < 4.78 is 23.6. The van der Waals surface area contributed by atoms with Crippen LogP contribution in [-0.4, -0.2) is 41.3 Å². The van der Waals surface area contributed by atoms with Gasteiger partial charge < -0.3 is 15.7 Å². The largest absolute Gasteiger partial charge is 0.394 e. The number of rotatable bonds is 8. The Morgan fingerprint density at radius 1 is 1.19 bits per heavy atom. The topological polar surface area (TPSA) is 147 Å². The van der Waals surface area contributed by atoms with Crippen molar-refractivity contribution in [2.75, 3.05) is 23.5 Å². The summed E-state index contributed by atoms with van der Waals surface area (Å²) >= 11 is 0. The lowest BCUT2D eigenvalue weighted by Crippen LogP contribution is -2.17. The van der Waals surface area contributed by atoms with Crippen molar-refractivity contribution in [2.45, 2.75) is 17.9 Å². The average Bonchev–Trinajstić information content (AvgIpc) is 2.71. The highest BCUT2D eigenvalue weighted by molar-refractivity contribution is 7.90. The second-order valence-corrected chi connectivity index (χ2v) is 8.84. The van der Waals surface area contributed by atoms with Gasteiger partial charge in [-0.25, -0.2) is 13.4 Å². The number of aryl methyl sites for hydroxylation is 1. The van der Waals surface area contributed by atoms with E-state index in [9.17, 15) is 23.6 Å². The van der Waals surface area contributed by atoms with E-state index in [1.54, 1.807) is 43.3 Å². The Hall–Kier alpha value is -3.57. The van der Waals surface area contributed by atoms with Gasteiger partial charge in [-0.1, -0.05) is 30.3 Å². The first kappa shape index (κ1) is 22.1. The van der Waals surface area contributed by atoms with Crippen LogP contribution in [-0.2, 0) is 9.84 Å². The van der Waals surface area contributed by atoms with Gasteiger partial charge in [0.1, 0.15) is 6.20 Å². The number of aliphatic hydroxyl groups excluding tert-OH is 1. The van der Waals surface area contributed by atoms with E-state index in [-0.39, 0.29) is 29.0 Å². The summed E-state index contributed by atoms with van der Waals surface area (Å²) in [7, 11) is -3.36. The van der Waals surface area contributed by atoms with Crippen LogP contribution < -0.4 is 10.6 Å². The number of nitrogens with zero attached hydrogens (tertiary/aromatic N) is 3. The Bertz CT molecular complexity index is 1200. The molecule has 31 heavy (non-hydrogen) atoms. The predicted octanol–water partition coefficient (Wildman–Crippen LogP) is 2.99. The summed E-state index contributed by atoms with van der Waals surface area (Å²) in [6.07, 6.45) is 2.19. The molecule has 0 saturated heterocycles. The molecule has 0 unspecified atom stereocenters. The van der Waals surface area contributed by atoms with Crippen molar-refractivity contribution in [3.63, 3.8) is 0 Å². The molecule has 3 aromatic rings. The van der Waals surface area contributed by atoms with Gasteiger partial charge >= 0.3 is 5.69 Å². The third kappa shape index (κ3) is 5.32. The molecule has 0 aliphatic rings. The van der Waals surface area contributed by atoms with Crippen LogP contribution >= 0.6 is 0 Å². The summed E-state index contributed by atoms with van der Waals surface area (Å²) in [4.78, 5) is 19.2. The minimum Gasteiger partial charge on any atom is -0.394 e. The summed E-state index contributed by atoms with van der Waals surface area (Å²) in [6.45, 7) is 1.36. The zero-order chi connectivity index (χ0) is 22.6. The third-order valence-electron chi connectivity index (χ3n) is 4.49. The molecule has 3 N–H and O–H groups in total.